The normalized spacial score (nSPS) is 12.3. The number of aromatic nitrogens is 2. The van der Waals surface area contributed by atoms with E-state index >= 15 is 0 Å². The average molecular weight is 318 g/mol. The van der Waals surface area contributed by atoms with Crippen LogP contribution in [0.25, 0.3) is 0 Å². The number of alkyl halides is 3. The Labute approximate surface area is 131 Å². The standard InChI is InChI=1S/C17H29F3N2/c1-3-5-7-9-11-14(12-10-8-6-4-2)15-13-16(22-21-15)17(18,19)20/h13-14H,3-12H2,1-2H3,(H,21,22). The van der Waals surface area contributed by atoms with Gasteiger partial charge in [-0.25, -0.2) is 0 Å². The van der Waals surface area contributed by atoms with Crippen molar-refractivity contribution in [1.82, 2.24) is 10.2 Å². The smallest absolute Gasteiger partial charge is 0.282 e. The summed E-state index contributed by atoms with van der Waals surface area (Å²) in [5.74, 6) is 0.178. The van der Waals surface area contributed by atoms with Gasteiger partial charge in [0.25, 0.3) is 0 Å². The highest BCUT2D eigenvalue weighted by Crippen LogP contribution is 2.32. The van der Waals surface area contributed by atoms with Gasteiger partial charge in [-0.3, -0.25) is 5.10 Å². The van der Waals surface area contributed by atoms with Gasteiger partial charge in [0.05, 0.1) is 0 Å². The monoisotopic (exact) mass is 318 g/mol. The predicted molar refractivity (Wildman–Crippen MR) is 83.8 cm³/mol. The zero-order valence-corrected chi connectivity index (χ0v) is 13.8. The zero-order valence-electron chi connectivity index (χ0n) is 13.8. The van der Waals surface area contributed by atoms with E-state index in [1.807, 2.05) is 0 Å². The maximum atomic E-state index is 12.7. The van der Waals surface area contributed by atoms with Crippen LogP contribution in [0.4, 0.5) is 13.2 Å². The van der Waals surface area contributed by atoms with Crippen LogP contribution in [0.2, 0.25) is 0 Å². The largest absolute Gasteiger partial charge is 0.435 e. The Morgan fingerprint density at radius 1 is 0.955 bits per heavy atom. The van der Waals surface area contributed by atoms with Gasteiger partial charge in [-0.15, -0.1) is 0 Å². The molecule has 2 nitrogen and oxygen atoms in total. The van der Waals surface area contributed by atoms with Crippen molar-refractivity contribution in [3.63, 3.8) is 0 Å². The van der Waals surface area contributed by atoms with Crippen LogP contribution in [-0.4, -0.2) is 10.2 Å². The molecule has 1 aromatic rings. The van der Waals surface area contributed by atoms with Gasteiger partial charge in [-0.05, 0) is 18.9 Å². The zero-order chi connectivity index (χ0) is 16.4. The fraction of sp³-hybridized carbons (Fsp3) is 0.824. The molecule has 0 unspecified atom stereocenters. The Morgan fingerprint density at radius 3 is 1.91 bits per heavy atom. The average Bonchev–Trinajstić information content (AvgIpc) is 2.95. The summed E-state index contributed by atoms with van der Waals surface area (Å²) in [7, 11) is 0. The van der Waals surface area contributed by atoms with Gasteiger partial charge in [0.1, 0.15) is 0 Å². The number of nitrogens with zero attached hydrogens (tertiary/aromatic N) is 1. The molecule has 0 radical (unpaired) electrons. The second-order valence-electron chi connectivity index (χ2n) is 6.10. The van der Waals surface area contributed by atoms with Crippen molar-refractivity contribution < 1.29 is 13.2 Å². The molecule has 1 N–H and O–H groups in total. The van der Waals surface area contributed by atoms with Crippen molar-refractivity contribution in [2.24, 2.45) is 0 Å². The van der Waals surface area contributed by atoms with Crippen LogP contribution in [-0.2, 0) is 6.18 Å². The summed E-state index contributed by atoms with van der Waals surface area (Å²) in [6.07, 6.45) is 6.73. The third kappa shape index (κ3) is 6.84. The van der Waals surface area contributed by atoms with E-state index in [0.29, 0.717) is 5.69 Å². The van der Waals surface area contributed by atoms with Crippen LogP contribution in [0.15, 0.2) is 6.07 Å². The minimum absolute atomic E-state index is 0.178. The van der Waals surface area contributed by atoms with Gasteiger partial charge in [0.2, 0.25) is 0 Å². The van der Waals surface area contributed by atoms with Crippen molar-refractivity contribution in [2.45, 2.75) is 90.1 Å². The first-order chi connectivity index (χ1) is 10.5. The lowest BCUT2D eigenvalue weighted by molar-refractivity contribution is -0.141. The van der Waals surface area contributed by atoms with Gasteiger partial charge < -0.3 is 0 Å². The van der Waals surface area contributed by atoms with Crippen LogP contribution in [0.1, 0.15) is 95.4 Å². The van der Waals surface area contributed by atoms with Crippen molar-refractivity contribution in [1.29, 1.82) is 0 Å². The molecule has 1 aromatic heterocycles. The van der Waals surface area contributed by atoms with Gasteiger partial charge in [0.15, 0.2) is 5.69 Å². The van der Waals surface area contributed by atoms with Gasteiger partial charge >= 0.3 is 6.18 Å². The quantitative estimate of drug-likeness (QED) is 0.466. The maximum Gasteiger partial charge on any atom is 0.435 e. The van der Waals surface area contributed by atoms with Crippen molar-refractivity contribution in [3.05, 3.63) is 17.5 Å². The molecule has 0 aliphatic carbocycles. The molecule has 0 fully saturated rings. The molecule has 0 bridgehead atoms. The molecule has 5 heteroatoms. The summed E-state index contributed by atoms with van der Waals surface area (Å²) in [5, 5.41) is 6.07. The molecule has 0 atom stereocenters. The summed E-state index contributed by atoms with van der Waals surface area (Å²) in [5.41, 5.74) is -0.144. The number of hydrogen-bond acceptors (Lipinski definition) is 1. The van der Waals surface area contributed by atoms with E-state index < -0.39 is 11.9 Å². The lowest BCUT2D eigenvalue weighted by atomic mass is 9.91. The SMILES string of the molecule is CCCCCCC(CCCCCC)c1cc(C(F)(F)F)n[nH]1. The summed E-state index contributed by atoms with van der Waals surface area (Å²) in [6, 6.07) is 1.20. The molecule has 0 aliphatic heterocycles. The summed E-state index contributed by atoms with van der Waals surface area (Å²) in [4.78, 5) is 0. The Kier molecular flexibility index (Phi) is 8.57. The van der Waals surface area contributed by atoms with E-state index in [2.05, 4.69) is 24.0 Å². The van der Waals surface area contributed by atoms with Crippen molar-refractivity contribution >= 4 is 0 Å². The van der Waals surface area contributed by atoms with Crippen LogP contribution >= 0.6 is 0 Å². The number of halogens is 3. The predicted octanol–water partition coefficient (Wildman–Crippen LogP) is 6.45. The molecule has 1 heterocycles. The van der Waals surface area contributed by atoms with Crippen LogP contribution in [0.5, 0.6) is 0 Å². The van der Waals surface area contributed by atoms with Crippen LogP contribution in [0.3, 0.4) is 0 Å². The molecule has 128 valence electrons. The minimum Gasteiger partial charge on any atom is -0.282 e. The van der Waals surface area contributed by atoms with E-state index in [1.54, 1.807) is 0 Å². The molecule has 0 saturated heterocycles. The number of H-pyrrole nitrogens is 1. The number of unbranched alkanes of at least 4 members (excludes halogenated alkanes) is 6. The summed E-state index contributed by atoms with van der Waals surface area (Å²) in [6.45, 7) is 4.32. The van der Waals surface area contributed by atoms with E-state index in [9.17, 15) is 13.2 Å². The van der Waals surface area contributed by atoms with Gasteiger partial charge in [-0.2, -0.15) is 18.3 Å². The Morgan fingerprint density at radius 2 is 1.50 bits per heavy atom. The molecular weight excluding hydrogens is 289 g/mol. The first kappa shape index (κ1) is 19.0. The molecular formula is C17H29F3N2. The highest BCUT2D eigenvalue weighted by Gasteiger charge is 2.34. The van der Waals surface area contributed by atoms with E-state index in [-0.39, 0.29) is 5.92 Å². The molecule has 0 amide bonds. The summed E-state index contributed by atoms with van der Waals surface area (Å²) >= 11 is 0. The Hall–Kier alpha value is -1.00. The van der Waals surface area contributed by atoms with Gasteiger partial charge in [0, 0.05) is 11.6 Å². The maximum absolute atomic E-state index is 12.7. The molecule has 0 aliphatic rings. The number of aromatic amines is 1. The van der Waals surface area contributed by atoms with Crippen LogP contribution < -0.4 is 0 Å². The molecule has 22 heavy (non-hydrogen) atoms. The van der Waals surface area contributed by atoms with E-state index in [1.165, 1.54) is 31.7 Å². The van der Waals surface area contributed by atoms with Crippen LogP contribution in [0, 0.1) is 0 Å². The van der Waals surface area contributed by atoms with E-state index in [4.69, 9.17) is 0 Å². The molecule has 1 rings (SSSR count). The Balaban J connectivity index is 2.60. The Bertz CT molecular complexity index is 387. The molecule has 0 aromatic carbocycles. The highest BCUT2D eigenvalue weighted by atomic mass is 19.4. The highest BCUT2D eigenvalue weighted by molar-refractivity contribution is 5.15. The second kappa shape index (κ2) is 9.90. The number of rotatable bonds is 11. The lowest BCUT2D eigenvalue weighted by Crippen LogP contribution is -2.05. The summed E-state index contributed by atoms with van der Waals surface area (Å²) < 4.78 is 38.1. The third-order valence-electron chi connectivity index (χ3n) is 4.14. The third-order valence-corrected chi connectivity index (χ3v) is 4.14. The first-order valence-corrected chi connectivity index (χ1v) is 8.61. The number of nitrogens with one attached hydrogen (secondary N) is 1. The van der Waals surface area contributed by atoms with Gasteiger partial charge in [-0.1, -0.05) is 65.2 Å². The number of hydrogen-bond donors (Lipinski definition) is 1. The fourth-order valence-electron chi connectivity index (χ4n) is 2.78. The first-order valence-electron chi connectivity index (χ1n) is 8.61. The van der Waals surface area contributed by atoms with Crippen molar-refractivity contribution in [3.8, 4) is 0 Å². The molecule has 0 spiro atoms. The van der Waals surface area contributed by atoms with Crippen molar-refractivity contribution in [2.75, 3.05) is 0 Å². The van der Waals surface area contributed by atoms with E-state index in [0.717, 1.165) is 38.5 Å². The minimum atomic E-state index is -4.36. The molecule has 0 saturated carbocycles. The fourth-order valence-corrected chi connectivity index (χ4v) is 2.78. The second-order valence-corrected chi connectivity index (χ2v) is 6.10. The lowest BCUT2D eigenvalue weighted by Gasteiger charge is -2.15. The topological polar surface area (TPSA) is 28.7 Å².